The summed E-state index contributed by atoms with van der Waals surface area (Å²) < 4.78 is 10.9. The third-order valence-electron chi connectivity index (χ3n) is 2.04. The summed E-state index contributed by atoms with van der Waals surface area (Å²) in [5.41, 5.74) is 1.61. The number of benzene rings is 1. The van der Waals surface area contributed by atoms with Crippen LogP contribution in [0.1, 0.15) is 6.92 Å². The molecule has 0 N–H and O–H groups in total. The Morgan fingerprint density at radius 1 is 1.38 bits per heavy atom. The van der Waals surface area contributed by atoms with Crippen LogP contribution in [-0.2, 0) is 0 Å². The second-order valence-electron chi connectivity index (χ2n) is 3.08. The van der Waals surface area contributed by atoms with E-state index in [4.69, 9.17) is 20.9 Å². The first kappa shape index (κ1) is 11.5. The van der Waals surface area contributed by atoms with Gasteiger partial charge in [0.1, 0.15) is 15.9 Å². The van der Waals surface area contributed by atoms with Crippen molar-refractivity contribution in [2.75, 3.05) is 6.61 Å². The first-order chi connectivity index (χ1) is 7.72. The van der Waals surface area contributed by atoms with Crippen LogP contribution in [0.5, 0.6) is 5.75 Å². The lowest BCUT2D eigenvalue weighted by Gasteiger charge is -2.03. The van der Waals surface area contributed by atoms with Gasteiger partial charge in [0.2, 0.25) is 5.22 Å². The molecule has 3 nitrogen and oxygen atoms in total. The highest BCUT2D eigenvalue weighted by Gasteiger charge is 2.13. The molecule has 84 valence electrons. The molecule has 0 aliphatic carbocycles. The van der Waals surface area contributed by atoms with Gasteiger partial charge in [0.05, 0.1) is 6.61 Å². The predicted molar refractivity (Wildman–Crippen MR) is 65.8 cm³/mol. The van der Waals surface area contributed by atoms with Crippen molar-refractivity contribution in [3.05, 3.63) is 34.0 Å². The minimum atomic E-state index is 0.254. The van der Waals surface area contributed by atoms with Crippen molar-refractivity contribution in [3.63, 3.8) is 0 Å². The quantitative estimate of drug-likeness (QED) is 0.854. The zero-order valence-electron chi connectivity index (χ0n) is 8.54. The fourth-order valence-electron chi connectivity index (χ4n) is 1.31. The summed E-state index contributed by atoms with van der Waals surface area (Å²) in [6, 6.07) is 7.58. The number of halogens is 2. The van der Waals surface area contributed by atoms with Crippen LogP contribution in [-0.4, -0.2) is 11.8 Å². The van der Waals surface area contributed by atoms with Crippen molar-refractivity contribution in [2.24, 2.45) is 0 Å². The molecule has 0 saturated heterocycles. The van der Waals surface area contributed by atoms with Gasteiger partial charge < -0.3 is 9.26 Å². The van der Waals surface area contributed by atoms with E-state index in [1.54, 1.807) is 0 Å². The maximum absolute atomic E-state index is 5.76. The van der Waals surface area contributed by atoms with Crippen LogP contribution in [0.3, 0.4) is 0 Å². The summed E-state index contributed by atoms with van der Waals surface area (Å²) in [5.74, 6) is 0.831. The third kappa shape index (κ3) is 2.23. The van der Waals surface area contributed by atoms with E-state index in [2.05, 4.69) is 21.1 Å². The lowest BCUT2D eigenvalue weighted by Crippen LogP contribution is -1.90. The van der Waals surface area contributed by atoms with Crippen molar-refractivity contribution in [2.45, 2.75) is 6.92 Å². The topological polar surface area (TPSA) is 35.3 Å². The van der Waals surface area contributed by atoms with E-state index in [0.29, 0.717) is 16.8 Å². The summed E-state index contributed by atoms with van der Waals surface area (Å²) in [5, 5.41) is 4.12. The van der Waals surface area contributed by atoms with E-state index in [1.807, 2.05) is 31.2 Å². The average Bonchev–Trinajstić information content (AvgIpc) is 2.62. The third-order valence-corrected chi connectivity index (χ3v) is 3.26. The van der Waals surface area contributed by atoms with Crippen LogP contribution in [0.15, 0.2) is 33.3 Å². The molecule has 0 aliphatic rings. The van der Waals surface area contributed by atoms with Crippen LogP contribution in [0.2, 0.25) is 5.22 Å². The van der Waals surface area contributed by atoms with Crippen LogP contribution < -0.4 is 4.74 Å². The molecule has 5 heteroatoms. The molecule has 1 aromatic carbocycles. The van der Waals surface area contributed by atoms with Gasteiger partial charge in [-0.15, -0.1) is 0 Å². The molecule has 1 aromatic heterocycles. The first-order valence-electron chi connectivity index (χ1n) is 4.76. The van der Waals surface area contributed by atoms with Crippen molar-refractivity contribution < 1.29 is 9.26 Å². The Hall–Kier alpha value is -1.000. The standard InChI is InChI=1S/C11H9BrClNO2/c1-2-15-8-5-3-7(4-6-8)10-9(12)11(13)16-14-10/h3-6H,2H2,1H3. The van der Waals surface area contributed by atoms with E-state index >= 15 is 0 Å². The van der Waals surface area contributed by atoms with Crippen molar-refractivity contribution in [1.82, 2.24) is 5.16 Å². The van der Waals surface area contributed by atoms with Gasteiger partial charge >= 0.3 is 0 Å². The highest BCUT2D eigenvalue weighted by atomic mass is 79.9. The maximum atomic E-state index is 5.76. The van der Waals surface area contributed by atoms with Crippen LogP contribution in [0.25, 0.3) is 11.3 Å². The highest BCUT2D eigenvalue weighted by molar-refractivity contribution is 9.10. The second kappa shape index (κ2) is 4.89. The fourth-order valence-corrected chi connectivity index (χ4v) is 1.81. The number of rotatable bonds is 3. The molecular formula is C11H9BrClNO2. The fraction of sp³-hybridized carbons (Fsp3) is 0.182. The summed E-state index contributed by atoms with van der Waals surface area (Å²) in [7, 11) is 0. The van der Waals surface area contributed by atoms with E-state index in [0.717, 1.165) is 11.3 Å². The molecule has 0 radical (unpaired) electrons. The number of nitrogens with zero attached hydrogens (tertiary/aromatic N) is 1. The average molecular weight is 303 g/mol. The molecule has 2 aromatic rings. The van der Waals surface area contributed by atoms with Crippen molar-refractivity contribution in [3.8, 4) is 17.0 Å². The van der Waals surface area contributed by atoms with Crippen LogP contribution in [0.4, 0.5) is 0 Å². The molecule has 0 fully saturated rings. The van der Waals surface area contributed by atoms with Crippen molar-refractivity contribution >= 4 is 27.5 Å². The summed E-state index contributed by atoms with van der Waals surface area (Å²) in [6.07, 6.45) is 0. The molecule has 1 heterocycles. The Morgan fingerprint density at radius 3 is 2.56 bits per heavy atom. The minimum absolute atomic E-state index is 0.254. The number of hydrogen-bond acceptors (Lipinski definition) is 3. The monoisotopic (exact) mass is 301 g/mol. The normalized spacial score (nSPS) is 10.4. The van der Waals surface area contributed by atoms with Gasteiger partial charge in [0, 0.05) is 5.56 Å². The first-order valence-corrected chi connectivity index (χ1v) is 5.93. The molecule has 0 amide bonds. The summed E-state index contributed by atoms with van der Waals surface area (Å²) in [6.45, 7) is 2.60. The molecule has 0 unspecified atom stereocenters. The molecule has 0 aliphatic heterocycles. The van der Waals surface area contributed by atoms with Gasteiger partial charge in [-0.3, -0.25) is 0 Å². The van der Waals surface area contributed by atoms with Crippen LogP contribution >= 0.6 is 27.5 Å². The smallest absolute Gasteiger partial charge is 0.240 e. The number of hydrogen-bond donors (Lipinski definition) is 0. The van der Waals surface area contributed by atoms with E-state index < -0.39 is 0 Å². The largest absolute Gasteiger partial charge is 0.494 e. The Balaban J connectivity index is 2.31. The lowest BCUT2D eigenvalue weighted by atomic mass is 10.1. The molecule has 0 spiro atoms. The lowest BCUT2D eigenvalue weighted by molar-refractivity contribution is 0.340. The Bertz CT molecular complexity index is 481. The van der Waals surface area contributed by atoms with Gasteiger partial charge in [0.15, 0.2) is 0 Å². The van der Waals surface area contributed by atoms with E-state index in [-0.39, 0.29) is 5.22 Å². The molecule has 16 heavy (non-hydrogen) atoms. The number of aromatic nitrogens is 1. The molecule has 2 rings (SSSR count). The second-order valence-corrected chi connectivity index (χ2v) is 4.21. The Kier molecular flexibility index (Phi) is 3.51. The van der Waals surface area contributed by atoms with Gasteiger partial charge in [-0.25, -0.2) is 0 Å². The van der Waals surface area contributed by atoms with E-state index in [9.17, 15) is 0 Å². The Labute approximate surface area is 106 Å². The zero-order valence-corrected chi connectivity index (χ0v) is 10.9. The molecule has 0 saturated carbocycles. The van der Waals surface area contributed by atoms with E-state index in [1.165, 1.54) is 0 Å². The predicted octanol–water partition coefficient (Wildman–Crippen LogP) is 4.16. The van der Waals surface area contributed by atoms with Crippen LogP contribution in [0, 0.1) is 0 Å². The maximum Gasteiger partial charge on any atom is 0.240 e. The highest BCUT2D eigenvalue weighted by Crippen LogP contribution is 2.33. The SMILES string of the molecule is CCOc1ccc(-c2noc(Cl)c2Br)cc1. The number of ether oxygens (including phenoxy) is 1. The van der Waals surface area contributed by atoms with Gasteiger partial charge in [-0.1, -0.05) is 5.16 Å². The molecular weight excluding hydrogens is 293 g/mol. The minimum Gasteiger partial charge on any atom is -0.494 e. The summed E-state index contributed by atoms with van der Waals surface area (Å²) in [4.78, 5) is 0. The Morgan fingerprint density at radius 2 is 2.06 bits per heavy atom. The van der Waals surface area contributed by atoms with Gasteiger partial charge in [-0.2, -0.15) is 0 Å². The molecule has 0 bridgehead atoms. The summed E-state index contributed by atoms with van der Waals surface area (Å²) >= 11 is 9.08. The van der Waals surface area contributed by atoms with Gasteiger partial charge in [0.25, 0.3) is 0 Å². The zero-order chi connectivity index (χ0) is 11.5. The van der Waals surface area contributed by atoms with Crippen molar-refractivity contribution in [1.29, 1.82) is 0 Å². The molecule has 0 atom stereocenters. The van der Waals surface area contributed by atoms with Gasteiger partial charge in [-0.05, 0) is 58.7 Å².